The molecule has 3 amide bonds. The van der Waals surface area contributed by atoms with Crippen molar-refractivity contribution in [2.75, 3.05) is 31.7 Å². The van der Waals surface area contributed by atoms with Gasteiger partial charge in [-0.2, -0.15) is 0 Å². The SMILES string of the molecule is CNC(=O)NC(=O)C1(C=O)Cc2cc(-c3nc(C)co3)cc(F)c2N2CCOC[C@@H]21. The molecule has 0 radical (unpaired) electrons. The molecule has 2 aliphatic rings. The Morgan fingerprint density at radius 1 is 1.40 bits per heavy atom. The summed E-state index contributed by atoms with van der Waals surface area (Å²) in [7, 11) is 1.36. The zero-order valence-corrected chi connectivity index (χ0v) is 16.5. The van der Waals surface area contributed by atoms with Crippen molar-refractivity contribution in [3.8, 4) is 11.5 Å². The minimum atomic E-state index is -1.63. The van der Waals surface area contributed by atoms with Gasteiger partial charge < -0.3 is 24.2 Å². The van der Waals surface area contributed by atoms with Crippen molar-refractivity contribution in [1.29, 1.82) is 0 Å². The number of oxazole rings is 1. The van der Waals surface area contributed by atoms with Crippen LogP contribution in [0.4, 0.5) is 14.9 Å². The van der Waals surface area contributed by atoms with Crippen LogP contribution in [0.3, 0.4) is 0 Å². The van der Waals surface area contributed by atoms with E-state index in [-0.39, 0.29) is 18.9 Å². The zero-order valence-electron chi connectivity index (χ0n) is 16.5. The largest absolute Gasteiger partial charge is 0.444 e. The second-order valence-electron chi connectivity index (χ2n) is 7.41. The second-order valence-corrected chi connectivity index (χ2v) is 7.41. The van der Waals surface area contributed by atoms with Crippen molar-refractivity contribution in [2.45, 2.75) is 19.4 Å². The van der Waals surface area contributed by atoms with Crippen LogP contribution in [-0.2, 0) is 20.7 Å². The van der Waals surface area contributed by atoms with Crippen molar-refractivity contribution >= 4 is 23.9 Å². The fourth-order valence-electron chi connectivity index (χ4n) is 4.14. The summed E-state index contributed by atoms with van der Waals surface area (Å²) in [6.07, 6.45) is 1.89. The van der Waals surface area contributed by atoms with E-state index in [0.29, 0.717) is 41.9 Å². The molecule has 2 atom stereocenters. The lowest BCUT2D eigenvalue weighted by atomic mass is 9.71. The fourth-order valence-corrected chi connectivity index (χ4v) is 4.14. The lowest BCUT2D eigenvalue weighted by Crippen LogP contribution is -2.65. The first-order valence-electron chi connectivity index (χ1n) is 9.48. The van der Waals surface area contributed by atoms with Crippen LogP contribution < -0.4 is 15.5 Å². The number of imide groups is 1. The highest BCUT2D eigenvalue weighted by molar-refractivity contribution is 6.06. The summed E-state index contributed by atoms with van der Waals surface area (Å²) >= 11 is 0. The number of carbonyl (C=O) groups is 3. The molecule has 158 valence electrons. The van der Waals surface area contributed by atoms with Crippen LogP contribution in [0.2, 0.25) is 0 Å². The van der Waals surface area contributed by atoms with Crippen LogP contribution in [0.1, 0.15) is 11.3 Å². The quantitative estimate of drug-likeness (QED) is 0.571. The predicted octanol–water partition coefficient (Wildman–Crippen LogP) is 1.19. The van der Waals surface area contributed by atoms with E-state index in [4.69, 9.17) is 9.15 Å². The number of aryl methyl sites for hydroxylation is 1. The van der Waals surface area contributed by atoms with Gasteiger partial charge in [-0.05, 0) is 31.0 Å². The molecule has 3 heterocycles. The molecule has 30 heavy (non-hydrogen) atoms. The number of urea groups is 1. The molecule has 0 bridgehead atoms. The standard InChI is InChI=1S/C20H21FN4O5/c1-11-8-30-17(23-11)12-5-13-7-20(10-26,18(27)24-19(28)22-2)15-9-29-4-3-25(15)16(13)14(21)6-12/h5-6,8,10,15H,3-4,7,9H2,1-2H3,(H2,22,24,27,28)/t15-,20?/m1/s1. The zero-order chi connectivity index (χ0) is 21.5. The Balaban J connectivity index is 1.84. The number of nitrogens with one attached hydrogen (secondary N) is 2. The fraction of sp³-hybridized carbons (Fsp3) is 0.400. The highest BCUT2D eigenvalue weighted by Crippen LogP contribution is 2.44. The van der Waals surface area contributed by atoms with Crippen LogP contribution >= 0.6 is 0 Å². The molecule has 2 N–H and O–H groups in total. The average Bonchev–Trinajstić information content (AvgIpc) is 3.18. The smallest absolute Gasteiger partial charge is 0.321 e. The van der Waals surface area contributed by atoms with Crippen LogP contribution in [0.5, 0.6) is 0 Å². The summed E-state index contributed by atoms with van der Waals surface area (Å²) in [5.74, 6) is -1.03. The van der Waals surface area contributed by atoms with E-state index in [1.54, 1.807) is 17.9 Å². The van der Waals surface area contributed by atoms with Gasteiger partial charge in [0.1, 0.15) is 23.8 Å². The summed E-state index contributed by atoms with van der Waals surface area (Å²) in [6, 6.07) is 1.52. The number of aldehydes is 1. The Morgan fingerprint density at radius 2 is 2.20 bits per heavy atom. The molecular weight excluding hydrogens is 395 g/mol. The van der Waals surface area contributed by atoms with E-state index in [1.165, 1.54) is 19.4 Å². The Labute approximate surface area is 171 Å². The van der Waals surface area contributed by atoms with Gasteiger partial charge in [-0.1, -0.05) is 0 Å². The number of nitrogens with zero attached hydrogens (tertiary/aromatic N) is 2. The molecule has 0 saturated carbocycles. The van der Waals surface area contributed by atoms with E-state index >= 15 is 4.39 Å². The highest BCUT2D eigenvalue weighted by atomic mass is 19.1. The molecular formula is C20H21FN4O5. The summed E-state index contributed by atoms with van der Waals surface area (Å²) in [6.45, 7) is 2.43. The number of hydrogen-bond donors (Lipinski definition) is 2. The van der Waals surface area contributed by atoms with Gasteiger partial charge in [0.15, 0.2) is 0 Å². The lowest BCUT2D eigenvalue weighted by Gasteiger charge is -2.49. The molecule has 0 spiro atoms. The second kappa shape index (κ2) is 7.52. The molecule has 1 saturated heterocycles. The van der Waals surface area contributed by atoms with Crippen LogP contribution in [0.15, 0.2) is 22.8 Å². The van der Waals surface area contributed by atoms with Gasteiger partial charge in [-0.25, -0.2) is 14.2 Å². The molecule has 2 aliphatic heterocycles. The van der Waals surface area contributed by atoms with Crippen molar-refractivity contribution in [3.63, 3.8) is 0 Å². The van der Waals surface area contributed by atoms with Gasteiger partial charge in [-0.3, -0.25) is 10.1 Å². The van der Waals surface area contributed by atoms with Gasteiger partial charge in [0.2, 0.25) is 11.8 Å². The highest BCUT2D eigenvalue weighted by Gasteiger charge is 2.54. The molecule has 2 aromatic rings. The first kappa shape index (κ1) is 20.0. The third-order valence-corrected chi connectivity index (χ3v) is 5.59. The monoisotopic (exact) mass is 416 g/mol. The average molecular weight is 416 g/mol. The van der Waals surface area contributed by atoms with Crippen molar-refractivity contribution in [2.24, 2.45) is 5.41 Å². The van der Waals surface area contributed by atoms with E-state index in [1.807, 2.05) is 0 Å². The number of rotatable bonds is 3. The molecule has 9 nitrogen and oxygen atoms in total. The molecule has 4 rings (SSSR count). The number of amides is 3. The number of morpholine rings is 1. The first-order chi connectivity index (χ1) is 14.4. The first-order valence-corrected chi connectivity index (χ1v) is 9.48. The number of halogens is 1. The van der Waals surface area contributed by atoms with E-state index < -0.39 is 29.2 Å². The van der Waals surface area contributed by atoms with Gasteiger partial charge >= 0.3 is 6.03 Å². The number of carbonyl (C=O) groups excluding carboxylic acids is 3. The van der Waals surface area contributed by atoms with Gasteiger partial charge in [0.25, 0.3) is 0 Å². The molecule has 1 aromatic carbocycles. The molecule has 10 heteroatoms. The topological polar surface area (TPSA) is 114 Å². The Bertz CT molecular complexity index is 1020. The maximum Gasteiger partial charge on any atom is 0.321 e. The van der Waals surface area contributed by atoms with Crippen molar-refractivity contribution < 1.29 is 27.9 Å². The minimum absolute atomic E-state index is 0.0550. The number of anilines is 1. The van der Waals surface area contributed by atoms with E-state index in [0.717, 1.165) is 0 Å². The molecule has 1 aromatic heterocycles. The number of hydrogen-bond acceptors (Lipinski definition) is 7. The number of ether oxygens (including phenoxy) is 1. The Kier molecular flexibility index (Phi) is 5.02. The summed E-state index contributed by atoms with van der Waals surface area (Å²) in [5.41, 5.74) is 0.192. The number of benzene rings is 1. The summed E-state index contributed by atoms with van der Waals surface area (Å²) in [5, 5.41) is 4.49. The van der Waals surface area contributed by atoms with Gasteiger partial charge in [0.05, 0.1) is 30.6 Å². The molecule has 0 aliphatic carbocycles. The summed E-state index contributed by atoms with van der Waals surface area (Å²) in [4.78, 5) is 43.0. The van der Waals surface area contributed by atoms with Crippen molar-refractivity contribution in [1.82, 2.24) is 15.6 Å². The lowest BCUT2D eigenvalue weighted by molar-refractivity contribution is -0.139. The normalized spacial score (nSPS) is 22.6. The maximum absolute atomic E-state index is 15.2. The maximum atomic E-state index is 15.2. The minimum Gasteiger partial charge on any atom is -0.444 e. The third-order valence-electron chi connectivity index (χ3n) is 5.59. The molecule has 1 unspecified atom stereocenters. The van der Waals surface area contributed by atoms with Crippen LogP contribution in [-0.4, -0.2) is 56.1 Å². The van der Waals surface area contributed by atoms with Crippen LogP contribution in [0.25, 0.3) is 11.5 Å². The van der Waals surface area contributed by atoms with Crippen molar-refractivity contribution in [3.05, 3.63) is 35.5 Å². The van der Waals surface area contributed by atoms with E-state index in [9.17, 15) is 14.4 Å². The Morgan fingerprint density at radius 3 is 2.87 bits per heavy atom. The predicted molar refractivity (Wildman–Crippen MR) is 103 cm³/mol. The van der Waals surface area contributed by atoms with Gasteiger partial charge in [0, 0.05) is 19.2 Å². The van der Waals surface area contributed by atoms with Gasteiger partial charge in [-0.15, -0.1) is 0 Å². The number of aromatic nitrogens is 1. The number of fused-ring (bicyclic) bond motifs is 3. The summed E-state index contributed by atoms with van der Waals surface area (Å²) < 4.78 is 26.1. The van der Waals surface area contributed by atoms with E-state index in [2.05, 4.69) is 15.6 Å². The molecule has 1 fully saturated rings. The van der Waals surface area contributed by atoms with Crippen LogP contribution in [0, 0.1) is 18.2 Å². The Hall–Kier alpha value is -3.27. The third kappa shape index (κ3) is 3.13.